The van der Waals surface area contributed by atoms with Gasteiger partial charge in [-0.15, -0.1) is 0 Å². The van der Waals surface area contributed by atoms with E-state index in [1.165, 1.54) is 6.92 Å². The predicted octanol–water partition coefficient (Wildman–Crippen LogP) is 0.109. The highest BCUT2D eigenvalue weighted by atomic mass is 16.6. The van der Waals surface area contributed by atoms with Gasteiger partial charge in [-0.2, -0.15) is 0 Å². The summed E-state index contributed by atoms with van der Waals surface area (Å²) < 4.78 is 5.01. The van der Waals surface area contributed by atoms with Gasteiger partial charge in [0.15, 0.2) is 0 Å². The quantitative estimate of drug-likeness (QED) is 0.600. The summed E-state index contributed by atoms with van der Waals surface area (Å²) in [6, 6.07) is -0.566. The number of nitrogens with one attached hydrogen (secondary N) is 3. The van der Waals surface area contributed by atoms with Crippen LogP contribution in [-0.4, -0.2) is 35.7 Å². The van der Waals surface area contributed by atoms with Crippen LogP contribution in [0.25, 0.3) is 0 Å². The van der Waals surface area contributed by atoms with Gasteiger partial charge in [0, 0.05) is 0 Å². The van der Waals surface area contributed by atoms with Crippen molar-refractivity contribution >= 4 is 18.0 Å². The van der Waals surface area contributed by atoms with Gasteiger partial charge in [0.05, 0.1) is 6.54 Å². The first-order valence-corrected chi connectivity index (χ1v) is 5.23. The van der Waals surface area contributed by atoms with Crippen molar-refractivity contribution < 1.29 is 19.1 Å². The molecule has 1 rings (SSSR count). The summed E-state index contributed by atoms with van der Waals surface area (Å²) in [7, 11) is 0. The maximum absolute atomic E-state index is 11.4. The third-order valence-electron chi connectivity index (χ3n) is 2.10. The molecule has 17 heavy (non-hydrogen) atoms. The molecule has 0 aromatic carbocycles. The molecule has 7 heteroatoms. The molecule has 0 bridgehead atoms. The van der Waals surface area contributed by atoms with Crippen LogP contribution in [-0.2, 0) is 9.53 Å². The van der Waals surface area contributed by atoms with Gasteiger partial charge in [-0.25, -0.2) is 9.59 Å². The normalized spacial score (nSPS) is 24.0. The van der Waals surface area contributed by atoms with Crippen molar-refractivity contribution in [2.24, 2.45) is 0 Å². The summed E-state index contributed by atoms with van der Waals surface area (Å²) in [6.45, 7) is 6.69. The monoisotopic (exact) mass is 243 g/mol. The Bertz CT molecular complexity index is 361. The minimum absolute atomic E-state index is 0.0283. The minimum Gasteiger partial charge on any atom is -0.444 e. The van der Waals surface area contributed by atoms with E-state index in [1.807, 2.05) is 0 Å². The number of hydrogen-bond acceptors (Lipinski definition) is 4. The second kappa shape index (κ2) is 4.23. The van der Waals surface area contributed by atoms with Gasteiger partial charge in [0.2, 0.25) is 0 Å². The molecule has 96 valence electrons. The fraction of sp³-hybridized carbons (Fsp3) is 0.700. The zero-order valence-corrected chi connectivity index (χ0v) is 10.3. The lowest BCUT2D eigenvalue weighted by Crippen LogP contribution is -2.53. The topological polar surface area (TPSA) is 96.5 Å². The highest BCUT2D eigenvalue weighted by Gasteiger charge is 2.42. The first-order chi connectivity index (χ1) is 7.62. The molecule has 1 atom stereocenters. The molecule has 1 aliphatic heterocycles. The highest BCUT2D eigenvalue weighted by molar-refractivity contribution is 6.07. The van der Waals surface area contributed by atoms with Crippen LogP contribution in [0, 0.1) is 0 Å². The molecule has 0 radical (unpaired) electrons. The van der Waals surface area contributed by atoms with Crippen LogP contribution in [0.3, 0.4) is 0 Å². The lowest BCUT2D eigenvalue weighted by molar-refractivity contribution is -0.123. The van der Waals surface area contributed by atoms with E-state index in [0.29, 0.717) is 0 Å². The fourth-order valence-corrected chi connectivity index (χ4v) is 1.27. The smallest absolute Gasteiger partial charge is 0.407 e. The van der Waals surface area contributed by atoms with Crippen LogP contribution in [0.5, 0.6) is 0 Å². The van der Waals surface area contributed by atoms with E-state index in [1.54, 1.807) is 20.8 Å². The molecule has 3 N–H and O–H groups in total. The van der Waals surface area contributed by atoms with Gasteiger partial charge in [-0.3, -0.25) is 10.1 Å². The predicted molar refractivity (Wildman–Crippen MR) is 59.3 cm³/mol. The number of rotatable bonds is 2. The second-order valence-electron chi connectivity index (χ2n) is 5.10. The number of amides is 4. The average molecular weight is 243 g/mol. The number of urea groups is 1. The first-order valence-electron chi connectivity index (χ1n) is 5.23. The van der Waals surface area contributed by atoms with Crippen LogP contribution in [0.1, 0.15) is 27.7 Å². The Morgan fingerprint density at radius 1 is 1.41 bits per heavy atom. The van der Waals surface area contributed by atoms with Gasteiger partial charge in [0.25, 0.3) is 5.91 Å². The Morgan fingerprint density at radius 3 is 2.41 bits per heavy atom. The average Bonchev–Trinajstić information content (AvgIpc) is 2.35. The lowest BCUT2D eigenvalue weighted by atomic mass is 10.0. The van der Waals surface area contributed by atoms with Crippen LogP contribution in [0.15, 0.2) is 0 Å². The van der Waals surface area contributed by atoms with Crippen molar-refractivity contribution in [1.82, 2.24) is 16.0 Å². The number of carbonyl (C=O) groups excluding carboxylic acids is 3. The molecule has 7 nitrogen and oxygen atoms in total. The van der Waals surface area contributed by atoms with Crippen molar-refractivity contribution in [1.29, 1.82) is 0 Å². The van der Waals surface area contributed by atoms with E-state index in [9.17, 15) is 14.4 Å². The summed E-state index contributed by atoms with van der Waals surface area (Å²) in [5, 5.41) is 6.96. The van der Waals surface area contributed by atoms with Crippen LogP contribution in [0.4, 0.5) is 9.59 Å². The van der Waals surface area contributed by atoms with E-state index in [-0.39, 0.29) is 6.54 Å². The van der Waals surface area contributed by atoms with E-state index in [4.69, 9.17) is 4.74 Å². The largest absolute Gasteiger partial charge is 0.444 e. The Labute approximate surface area is 99.3 Å². The molecule has 0 saturated carbocycles. The molecule has 0 aliphatic carbocycles. The van der Waals surface area contributed by atoms with Crippen molar-refractivity contribution in [2.75, 3.05) is 6.54 Å². The lowest BCUT2D eigenvalue weighted by Gasteiger charge is -2.23. The Kier molecular flexibility index (Phi) is 3.30. The maximum Gasteiger partial charge on any atom is 0.407 e. The number of imide groups is 1. The molecule has 1 fully saturated rings. The third-order valence-corrected chi connectivity index (χ3v) is 2.10. The highest BCUT2D eigenvalue weighted by Crippen LogP contribution is 2.10. The van der Waals surface area contributed by atoms with Crippen molar-refractivity contribution in [2.45, 2.75) is 38.8 Å². The van der Waals surface area contributed by atoms with Crippen LogP contribution in [0.2, 0.25) is 0 Å². The van der Waals surface area contributed by atoms with E-state index < -0.39 is 29.2 Å². The van der Waals surface area contributed by atoms with Gasteiger partial charge >= 0.3 is 12.1 Å². The minimum atomic E-state index is -1.13. The summed E-state index contributed by atoms with van der Waals surface area (Å²) in [6.07, 6.45) is -0.632. The van der Waals surface area contributed by atoms with Crippen molar-refractivity contribution in [3.63, 3.8) is 0 Å². The summed E-state index contributed by atoms with van der Waals surface area (Å²) >= 11 is 0. The van der Waals surface area contributed by atoms with E-state index in [2.05, 4.69) is 16.0 Å². The maximum atomic E-state index is 11.4. The first kappa shape index (κ1) is 13.3. The van der Waals surface area contributed by atoms with Crippen LogP contribution >= 0.6 is 0 Å². The van der Waals surface area contributed by atoms with Crippen molar-refractivity contribution in [3.8, 4) is 0 Å². The zero-order valence-electron chi connectivity index (χ0n) is 10.3. The molecular weight excluding hydrogens is 226 g/mol. The number of carbonyl (C=O) groups is 3. The van der Waals surface area contributed by atoms with Crippen LogP contribution < -0.4 is 16.0 Å². The standard InChI is InChI=1S/C10H17N3O4/c1-9(2,3)17-8(16)11-5-10(4)6(14)12-7(15)13-10/h5H2,1-4H3,(H,11,16)(H2,12,13,14,15). The fourth-order valence-electron chi connectivity index (χ4n) is 1.27. The second-order valence-corrected chi connectivity index (χ2v) is 5.10. The van der Waals surface area contributed by atoms with Gasteiger partial charge in [-0.1, -0.05) is 0 Å². The third kappa shape index (κ3) is 3.61. The Hall–Kier alpha value is -1.79. The van der Waals surface area contributed by atoms with Gasteiger partial charge in [-0.05, 0) is 27.7 Å². The number of alkyl carbamates (subject to hydrolysis) is 1. The molecular formula is C10H17N3O4. The zero-order chi connectivity index (χ0) is 13.3. The number of hydrogen-bond donors (Lipinski definition) is 3. The molecule has 1 saturated heterocycles. The summed E-state index contributed by atoms with van der Waals surface area (Å²) in [5.41, 5.74) is -1.74. The van der Waals surface area contributed by atoms with E-state index in [0.717, 1.165) is 0 Å². The molecule has 1 heterocycles. The molecule has 0 aromatic rings. The molecule has 0 spiro atoms. The van der Waals surface area contributed by atoms with E-state index >= 15 is 0 Å². The molecule has 1 unspecified atom stereocenters. The number of ether oxygens (including phenoxy) is 1. The summed E-state index contributed by atoms with van der Waals surface area (Å²) in [5.74, 6) is -0.474. The molecule has 0 aromatic heterocycles. The SMILES string of the molecule is CC(C)(C)OC(=O)NCC1(C)NC(=O)NC1=O. The Morgan fingerprint density at radius 2 is 2.00 bits per heavy atom. The van der Waals surface area contributed by atoms with Crippen molar-refractivity contribution in [3.05, 3.63) is 0 Å². The summed E-state index contributed by atoms with van der Waals surface area (Å²) in [4.78, 5) is 33.7. The van der Waals surface area contributed by atoms with Gasteiger partial charge in [0.1, 0.15) is 11.1 Å². The van der Waals surface area contributed by atoms with Gasteiger partial charge < -0.3 is 15.4 Å². The molecule has 1 aliphatic rings. The Balaban J connectivity index is 2.48. The molecule has 4 amide bonds.